The number of nitrogens with zero attached hydrogens (tertiary/aromatic N) is 1. The van der Waals surface area contributed by atoms with Gasteiger partial charge < -0.3 is 10.5 Å². The lowest BCUT2D eigenvalue weighted by atomic mass is 9.86. The van der Waals surface area contributed by atoms with Gasteiger partial charge in [0.15, 0.2) is 10.8 Å². The van der Waals surface area contributed by atoms with Crippen molar-refractivity contribution in [2.75, 3.05) is 7.11 Å². The molecular weight excluding hydrogens is 226 g/mol. The number of carbonyl (C=O) groups excluding carboxylic acids is 1. The van der Waals surface area contributed by atoms with Gasteiger partial charge in [-0.15, -0.1) is 11.3 Å². The second-order valence-electron chi connectivity index (χ2n) is 4.09. The lowest BCUT2D eigenvalue weighted by Crippen LogP contribution is -2.23. The highest BCUT2D eigenvalue weighted by Crippen LogP contribution is 2.28. The zero-order valence-electron chi connectivity index (χ0n) is 9.53. The number of hydrogen-bond donors (Lipinski definition) is 2. The highest BCUT2D eigenvalue weighted by atomic mass is 32.1. The van der Waals surface area contributed by atoms with Crippen molar-refractivity contribution in [1.82, 2.24) is 4.98 Å². The van der Waals surface area contributed by atoms with Crippen LogP contribution in [0.4, 0.5) is 0 Å². The fourth-order valence-corrected chi connectivity index (χ4v) is 2.10. The highest BCUT2D eigenvalue weighted by molar-refractivity contribution is 7.11. The molecule has 1 heterocycles. The Morgan fingerprint density at radius 1 is 1.69 bits per heavy atom. The molecule has 3 N–H and O–H groups in total. The molecule has 1 rings (SSSR count). The van der Waals surface area contributed by atoms with E-state index in [0.717, 1.165) is 5.69 Å². The maximum absolute atomic E-state index is 11.2. The van der Waals surface area contributed by atoms with E-state index in [1.54, 1.807) is 0 Å². The van der Waals surface area contributed by atoms with Gasteiger partial charge in [-0.3, -0.25) is 10.2 Å². The van der Waals surface area contributed by atoms with Crippen LogP contribution >= 0.6 is 11.3 Å². The fourth-order valence-electron chi connectivity index (χ4n) is 1.23. The molecule has 0 amide bonds. The zero-order valence-corrected chi connectivity index (χ0v) is 10.4. The molecule has 6 heteroatoms. The highest BCUT2D eigenvalue weighted by Gasteiger charge is 2.27. The molecule has 0 bridgehead atoms. The third kappa shape index (κ3) is 2.79. The van der Waals surface area contributed by atoms with E-state index >= 15 is 0 Å². The molecule has 0 aliphatic carbocycles. The summed E-state index contributed by atoms with van der Waals surface area (Å²) in [6.45, 7) is 3.81. The molecular formula is C10H15N3O2S. The summed E-state index contributed by atoms with van der Waals surface area (Å²) in [6.07, 6.45) is 0.255. The van der Waals surface area contributed by atoms with Crippen molar-refractivity contribution in [3.05, 3.63) is 16.1 Å². The summed E-state index contributed by atoms with van der Waals surface area (Å²) >= 11 is 1.31. The summed E-state index contributed by atoms with van der Waals surface area (Å²) in [4.78, 5) is 15.5. The average molecular weight is 241 g/mol. The van der Waals surface area contributed by atoms with Crippen molar-refractivity contribution in [2.45, 2.75) is 25.7 Å². The Hall–Kier alpha value is -1.43. The lowest BCUT2D eigenvalue weighted by Gasteiger charge is -2.20. The van der Waals surface area contributed by atoms with Gasteiger partial charge in [0.1, 0.15) is 0 Å². The minimum atomic E-state index is -0.405. The molecule has 0 radical (unpaired) electrons. The lowest BCUT2D eigenvalue weighted by molar-refractivity contribution is -0.141. The van der Waals surface area contributed by atoms with Crippen molar-refractivity contribution < 1.29 is 9.53 Å². The Bertz CT molecular complexity index is 412. The molecule has 0 fully saturated rings. The smallest absolute Gasteiger partial charge is 0.306 e. The summed E-state index contributed by atoms with van der Waals surface area (Å²) in [5, 5.41) is 9.56. The van der Waals surface area contributed by atoms with Crippen molar-refractivity contribution in [3.63, 3.8) is 0 Å². The quantitative estimate of drug-likeness (QED) is 0.472. The first-order valence-electron chi connectivity index (χ1n) is 4.74. The minimum Gasteiger partial charge on any atom is -0.469 e. The van der Waals surface area contributed by atoms with Gasteiger partial charge in [0.2, 0.25) is 0 Å². The molecule has 88 valence electrons. The van der Waals surface area contributed by atoms with E-state index in [1.165, 1.54) is 18.4 Å². The number of carbonyl (C=O) groups is 1. The van der Waals surface area contributed by atoms with E-state index < -0.39 is 5.41 Å². The molecule has 0 aliphatic rings. The topological polar surface area (TPSA) is 89.1 Å². The molecule has 0 saturated heterocycles. The molecule has 0 aromatic carbocycles. The number of esters is 1. The fraction of sp³-hybridized carbons (Fsp3) is 0.500. The summed E-state index contributed by atoms with van der Waals surface area (Å²) in [7, 11) is 1.36. The van der Waals surface area contributed by atoms with Crippen LogP contribution in [-0.4, -0.2) is 23.9 Å². The first-order valence-corrected chi connectivity index (χ1v) is 5.62. The van der Waals surface area contributed by atoms with Crippen LogP contribution in [0.25, 0.3) is 0 Å². The van der Waals surface area contributed by atoms with Crippen LogP contribution in [0.5, 0.6) is 0 Å². The van der Waals surface area contributed by atoms with Crippen LogP contribution in [0, 0.1) is 5.41 Å². The van der Waals surface area contributed by atoms with Gasteiger partial charge in [-0.2, -0.15) is 0 Å². The van der Waals surface area contributed by atoms with E-state index in [0.29, 0.717) is 5.01 Å². The van der Waals surface area contributed by atoms with Crippen LogP contribution in [0.1, 0.15) is 31.0 Å². The number of hydrogen-bond acceptors (Lipinski definition) is 5. The molecule has 0 saturated carbocycles. The third-order valence-corrected chi connectivity index (χ3v) is 3.12. The van der Waals surface area contributed by atoms with E-state index in [9.17, 15) is 4.79 Å². The summed E-state index contributed by atoms with van der Waals surface area (Å²) in [6, 6.07) is 0. The van der Waals surface area contributed by atoms with E-state index in [-0.39, 0.29) is 18.2 Å². The largest absolute Gasteiger partial charge is 0.469 e. The van der Waals surface area contributed by atoms with Gasteiger partial charge in [-0.1, -0.05) is 13.8 Å². The van der Waals surface area contributed by atoms with Gasteiger partial charge in [0.05, 0.1) is 19.2 Å². The molecule has 1 aromatic rings. The van der Waals surface area contributed by atoms with Crippen molar-refractivity contribution in [2.24, 2.45) is 5.73 Å². The Morgan fingerprint density at radius 2 is 2.31 bits per heavy atom. The van der Waals surface area contributed by atoms with Crippen LogP contribution in [0.15, 0.2) is 5.38 Å². The maximum Gasteiger partial charge on any atom is 0.306 e. The molecule has 0 aliphatic heterocycles. The number of aromatic nitrogens is 1. The Balaban J connectivity index is 2.89. The molecule has 0 atom stereocenters. The third-order valence-electron chi connectivity index (χ3n) is 2.24. The SMILES string of the molecule is COC(=O)CC(C)(C)c1csc(C(=N)N)n1. The number of nitrogens with two attached hydrogens (primary N) is 1. The van der Waals surface area contributed by atoms with Crippen LogP contribution in [-0.2, 0) is 14.9 Å². The zero-order chi connectivity index (χ0) is 12.3. The molecule has 0 unspecified atom stereocenters. The van der Waals surface area contributed by atoms with Crippen LogP contribution < -0.4 is 5.73 Å². The second-order valence-corrected chi connectivity index (χ2v) is 4.95. The van der Waals surface area contributed by atoms with Gasteiger partial charge >= 0.3 is 5.97 Å². The van der Waals surface area contributed by atoms with E-state index in [2.05, 4.69) is 9.72 Å². The predicted octanol–water partition coefficient (Wildman–Crippen LogP) is 1.27. The number of thiazole rings is 1. The van der Waals surface area contributed by atoms with Crippen molar-refractivity contribution in [1.29, 1.82) is 5.41 Å². The summed E-state index contributed by atoms with van der Waals surface area (Å²) < 4.78 is 4.63. The van der Waals surface area contributed by atoms with Gasteiger partial charge in [0.25, 0.3) is 0 Å². The van der Waals surface area contributed by atoms with E-state index in [4.69, 9.17) is 11.1 Å². The van der Waals surface area contributed by atoms with Crippen LogP contribution in [0.2, 0.25) is 0 Å². The molecule has 5 nitrogen and oxygen atoms in total. The minimum absolute atomic E-state index is 0.0508. The normalized spacial score (nSPS) is 11.2. The van der Waals surface area contributed by atoms with Crippen molar-refractivity contribution >= 4 is 23.1 Å². The van der Waals surface area contributed by atoms with Crippen LogP contribution in [0.3, 0.4) is 0 Å². The average Bonchev–Trinajstić information content (AvgIpc) is 2.66. The number of rotatable bonds is 4. The van der Waals surface area contributed by atoms with E-state index in [1.807, 2.05) is 19.2 Å². The first-order chi connectivity index (χ1) is 7.36. The van der Waals surface area contributed by atoms with Gasteiger partial charge in [0, 0.05) is 10.8 Å². The predicted molar refractivity (Wildman–Crippen MR) is 62.8 cm³/mol. The molecule has 16 heavy (non-hydrogen) atoms. The summed E-state index contributed by atoms with van der Waals surface area (Å²) in [5.41, 5.74) is 5.69. The Morgan fingerprint density at radius 3 is 2.75 bits per heavy atom. The summed E-state index contributed by atoms with van der Waals surface area (Å²) in [5.74, 6) is -0.326. The Labute approximate surface area is 98.1 Å². The second kappa shape index (κ2) is 4.61. The Kier molecular flexibility index (Phi) is 3.64. The number of ether oxygens (including phenoxy) is 1. The van der Waals surface area contributed by atoms with Crippen molar-refractivity contribution in [3.8, 4) is 0 Å². The maximum atomic E-state index is 11.2. The van der Waals surface area contributed by atoms with Gasteiger partial charge in [-0.05, 0) is 0 Å². The van der Waals surface area contributed by atoms with Gasteiger partial charge in [-0.25, -0.2) is 4.98 Å². The molecule has 0 spiro atoms. The standard InChI is InChI=1S/C10H15N3O2S/c1-10(2,4-7(14)15-3)6-5-16-9(13-6)8(11)12/h5H,4H2,1-3H3,(H3,11,12). The first kappa shape index (κ1) is 12.6. The number of nitrogen functional groups attached to an aromatic ring is 1. The number of methoxy groups -OCH3 is 1. The molecule has 1 aromatic heterocycles. The monoisotopic (exact) mass is 241 g/mol. The number of amidine groups is 1. The number of nitrogens with one attached hydrogen (secondary N) is 1.